The van der Waals surface area contributed by atoms with Crippen LogP contribution in [0.2, 0.25) is 0 Å². The van der Waals surface area contributed by atoms with Crippen LogP contribution in [0.15, 0.2) is 18.2 Å². The Morgan fingerprint density at radius 3 is 2.43 bits per heavy atom. The SMILES string of the molecule is CO[C@@H]1CC[C@@H]2CCN(C)C(=O)[C@H](C)[C@H](OC)CN(C)C(=O)c3cc([N+](=O)[O-])ccc3OC[C@H]1O2. The van der Waals surface area contributed by atoms with E-state index < -0.39 is 22.9 Å². The van der Waals surface area contributed by atoms with Gasteiger partial charge in [-0.15, -0.1) is 0 Å². The van der Waals surface area contributed by atoms with Gasteiger partial charge in [-0.3, -0.25) is 19.7 Å². The number of benzene rings is 1. The predicted molar refractivity (Wildman–Crippen MR) is 126 cm³/mol. The number of hydrogen-bond donors (Lipinski definition) is 0. The first kappa shape index (κ1) is 26.8. The average Bonchev–Trinajstić information content (AvgIpc) is 2.86. The standard InChI is InChI=1S/C24H35N3O8/c1-15-21(33-5)13-26(3)24(29)18-12-16(27(30)31)6-8-19(18)34-14-22-20(32-4)9-7-17(35-22)10-11-25(2)23(15)28/h6,8,12,15,17,20-22H,7,9-11,13-14H2,1-5H3/t15-,17-,20-,21-,22-/m1/s1. The van der Waals surface area contributed by atoms with E-state index >= 15 is 0 Å². The molecule has 0 aliphatic carbocycles. The number of nitro groups is 1. The Labute approximate surface area is 205 Å². The lowest BCUT2D eigenvalue weighted by atomic mass is 9.98. The molecule has 2 amide bonds. The van der Waals surface area contributed by atoms with E-state index in [2.05, 4.69) is 0 Å². The van der Waals surface area contributed by atoms with Crippen molar-refractivity contribution in [3.8, 4) is 5.75 Å². The van der Waals surface area contributed by atoms with Crippen molar-refractivity contribution in [1.29, 1.82) is 0 Å². The Balaban J connectivity index is 1.98. The van der Waals surface area contributed by atoms with E-state index in [1.54, 1.807) is 33.0 Å². The molecule has 2 bridgehead atoms. The molecule has 1 aromatic carbocycles. The average molecular weight is 494 g/mol. The van der Waals surface area contributed by atoms with Crippen molar-refractivity contribution in [3.05, 3.63) is 33.9 Å². The van der Waals surface area contributed by atoms with Gasteiger partial charge in [-0.25, -0.2) is 0 Å². The van der Waals surface area contributed by atoms with E-state index in [0.717, 1.165) is 12.8 Å². The van der Waals surface area contributed by atoms with Crippen LogP contribution in [0, 0.1) is 16.0 Å². The topological polar surface area (TPSA) is 121 Å². The van der Waals surface area contributed by atoms with Gasteiger partial charge >= 0.3 is 0 Å². The van der Waals surface area contributed by atoms with Gasteiger partial charge in [-0.1, -0.05) is 6.92 Å². The summed E-state index contributed by atoms with van der Waals surface area (Å²) in [6.07, 6.45) is 1.01. The summed E-state index contributed by atoms with van der Waals surface area (Å²) in [6, 6.07) is 3.94. The third-order valence-electron chi connectivity index (χ3n) is 6.88. The van der Waals surface area contributed by atoms with Crippen LogP contribution in [0.4, 0.5) is 5.69 Å². The van der Waals surface area contributed by atoms with Crippen LogP contribution in [-0.4, -0.2) is 99.0 Å². The van der Waals surface area contributed by atoms with Gasteiger partial charge in [0.2, 0.25) is 5.91 Å². The number of non-ortho nitro benzene ring substituents is 1. The van der Waals surface area contributed by atoms with Crippen LogP contribution < -0.4 is 4.74 Å². The molecule has 11 nitrogen and oxygen atoms in total. The van der Waals surface area contributed by atoms with Crippen molar-refractivity contribution >= 4 is 17.5 Å². The van der Waals surface area contributed by atoms with Crippen LogP contribution in [0.25, 0.3) is 0 Å². The van der Waals surface area contributed by atoms with Crippen LogP contribution in [-0.2, 0) is 19.0 Å². The quantitative estimate of drug-likeness (QED) is 0.464. The van der Waals surface area contributed by atoms with E-state index in [1.807, 2.05) is 0 Å². The minimum absolute atomic E-state index is 0.0565. The van der Waals surface area contributed by atoms with E-state index in [4.69, 9.17) is 18.9 Å². The van der Waals surface area contributed by atoms with Crippen molar-refractivity contribution in [1.82, 2.24) is 9.80 Å². The molecule has 0 N–H and O–H groups in total. The molecule has 2 aliphatic heterocycles. The number of nitro benzene ring substituents is 1. The summed E-state index contributed by atoms with van der Waals surface area (Å²) in [5.41, 5.74) is -0.165. The maximum absolute atomic E-state index is 13.4. The number of ether oxygens (including phenoxy) is 4. The number of carbonyl (C=O) groups is 2. The molecular weight excluding hydrogens is 458 g/mol. The Morgan fingerprint density at radius 2 is 1.77 bits per heavy atom. The molecule has 0 unspecified atom stereocenters. The molecule has 0 radical (unpaired) electrons. The minimum Gasteiger partial charge on any atom is -0.490 e. The van der Waals surface area contributed by atoms with Gasteiger partial charge in [0.05, 0.1) is 34.7 Å². The number of rotatable bonds is 3. The van der Waals surface area contributed by atoms with Crippen LogP contribution in [0.1, 0.15) is 36.5 Å². The van der Waals surface area contributed by atoms with Crippen molar-refractivity contribution in [2.24, 2.45) is 5.92 Å². The van der Waals surface area contributed by atoms with Gasteiger partial charge in [-0.2, -0.15) is 0 Å². The molecule has 1 fully saturated rings. The molecule has 3 rings (SSSR count). The number of hydrogen-bond acceptors (Lipinski definition) is 8. The smallest absolute Gasteiger partial charge is 0.270 e. The number of likely N-dealkylation sites (N-methyl/N-ethyl adjacent to an activating group) is 1. The van der Waals surface area contributed by atoms with E-state index in [1.165, 1.54) is 30.2 Å². The van der Waals surface area contributed by atoms with Gasteiger partial charge in [0.25, 0.3) is 11.6 Å². The maximum Gasteiger partial charge on any atom is 0.270 e. The number of amides is 2. The summed E-state index contributed by atoms with van der Waals surface area (Å²) in [6.45, 7) is 2.53. The number of nitrogens with zero attached hydrogens (tertiary/aromatic N) is 3. The third kappa shape index (κ3) is 6.28. The van der Waals surface area contributed by atoms with Crippen LogP contribution >= 0.6 is 0 Å². The molecule has 0 spiro atoms. The summed E-state index contributed by atoms with van der Waals surface area (Å²) in [5, 5.41) is 11.4. The molecule has 2 heterocycles. The van der Waals surface area contributed by atoms with Gasteiger partial charge < -0.3 is 28.7 Å². The zero-order valence-corrected chi connectivity index (χ0v) is 21.0. The Hall–Kier alpha value is -2.76. The second-order valence-electron chi connectivity index (χ2n) is 9.19. The number of fused-ring (bicyclic) bond motifs is 3. The van der Waals surface area contributed by atoms with E-state index in [0.29, 0.717) is 13.0 Å². The molecule has 1 saturated heterocycles. The summed E-state index contributed by atoms with van der Waals surface area (Å²) >= 11 is 0. The Kier molecular flexibility index (Phi) is 9.03. The number of carbonyl (C=O) groups excluding carboxylic acids is 2. The molecule has 11 heteroatoms. The highest BCUT2D eigenvalue weighted by atomic mass is 16.6. The lowest BCUT2D eigenvalue weighted by molar-refractivity contribution is -0.384. The Morgan fingerprint density at radius 1 is 1.06 bits per heavy atom. The molecule has 5 atom stereocenters. The fourth-order valence-electron chi connectivity index (χ4n) is 4.61. The molecule has 194 valence electrons. The predicted octanol–water partition coefficient (Wildman–Crippen LogP) is 2.12. The van der Waals surface area contributed by atoms with Crippen molar-refractivity contribution in [3.63, 3.8) is 0 Å². The number of methoxy groups -OCH3 is 2. The monoisotopic (exact) mass is 493 g/mol. The van der Waals surface area contributed by atoms with Crippen molar-refractivity contribution in [2.45, 2.75) is 50.6 Å². The van der Waals surface area contributed by atoms with Gasteiger partial charge in [0, 0.05) is 53.5 Å². The summed E-state index contributed by atoms with van der Waals surface area (Å²) < 4.78 is 23.4. The molecule has 0 aromatic heterocycles. The second kappa shape index (κ2) is 11.8. The fourth-order valence-corrected chi connectivity index (χ4v) is 4.61. The molecular formula is C24H35N3O8. The first-order chi connectivity index (χ1) is 16.7. The maximum atomic E-state index is 13.4. The highest BCUT2D eigenvalue weighted by Gasteiger charge is 2.34. The molecule has 0 saturated carbocycles. The summed E-state index contributed by atoms with van der Waals surface area (Å²) in [4.78, 5) is 40.3. The van der Waals surface area contributed by atoms with Crippen LogP contribution in [0.5, 0.6) is 5.75 Å². The Bertz CT molecular complexity index is 926. The van der Waals surface area contributed by atoms with Crippen molar-refractivity contribution in [2.75, 3.05) is 48.0 Å². The second-order valence-corrected chi connectivity index (χ2v) is 9.19. The normalized spacial score (nSPS) is 28.9. The zero-order valence-electron chi connectivity index (χ0n) is 21.0. The van der Waals surface area contributed by atoms with E-state index in [9.17, 15) is 19.7 Å². The highest BCUT2D eigenvalue weighted by Crippen LogP contribution is 2.29. The first-order valence-corrected chi connectivity index (χ1v) is 11.8. The summed E-state index contributed by atoms with van der Waals surface area (Å²) in [7, 11) is 6.43. The first-order valence-electron chi connectivity index (χ1n) is 11.8. The molecule has 1 aromatic rings. The van der Waals surface area contributed by atoms with Crippen LogP contribution in [0.3, 0.4) is 0 Å². The lowest BCUT2D eigenvalue weighted by Crippen LogP contribution is -2.47. The lowest BCUT2D eigenvalue weighted by Gasteiger charge is -2.37. The van der Waals surface area contributed by atoms with Gasteiger partial charge in [0.1, 0.15) is 18.5 Å². The molecule has 2 aliphatic rings. The zero-order chi connectivity index (χ0) is 25.7. The van der Waals surface area contributed by atoms with Gasteiger partial charge in [0.15, 0.2) is 0 Å². The summed E-state index contributed by atoms with van der Waals surface area (Å²) in [5.74, 6) is -0.854. The largest absolute Gasteiger partial charge is 0.490 e. The van der Waals surface area contributed by atoms with Gasteiger partial charge in [-0.05, 0) is 25.3 Å². The molecule has 35 heavy (non-hydrogen) atoms. The fraction of sp³-hybridized carbons (Fsp3) is 0.667. The van der Waals surface area contributed by atoms with E-state index in [-0.39, 0.29) is 54.4 Å². The minimum atomic E-state index is -0.562. The highest BCUT2D eigenvalue weighted by molar-refractivity contribution is 5.97. The third-order valence-corrected chi connectivity index (χ3v) is 6.88. The van der Waals surface area contributed by atoms with Crippen molar-refractivity contribution < 1.29 is 33.5 Å².